The van der Waals surface area contributed by atoms with E-state index in [2.05, 4.69) is 9.71 Å². The zero-order chi connectivity index (χ0) is 12.9. The van der Waals surface area contributed by atoms with Gasteiger partial charge in [0.25, 0.3) is 0 Å². The molecule has 0 aromatic carbocycles. The van der Waals surface area contributed by atoms with Crippen molar-refractivity contribution in [3.63, 3.8) is 0 Å². The van der Waals surface area contributed by atoms with Gasteiger partial charge in [0, 0.05) is 25.5 Å². The van der Waals surface area contributed by atoms with E-state index in [1.165, 1.54) is 18.5 Å². The first kappa shape index (κ1) is 14.4. The van der Waals surface area contributed by atoms with Crippen molar-refractivity contribution >= 4 is 21.6 Å². The van der Waals surface area contributed by atoms with E-state index in [1.807, 2.05) is 6.92 Å². The lowest BCUT2D eigenvalue weighted by atomic mass is 10.4. The second-order valence-electron chi connectivity index (χ2n) is 3.42. The summed E-state index contributed by atoms with van der Waals surface area (Å²) < 4.78 is 31.4. The van der Waals surface area contributed by atoms with Gasteiger partial charge in [0.05, 0.1) is 11.1 Å². The molecule has 0 spiro atoms. The number of rotatable bonds is 6. The second-order valence-corrected chi connectivity index (χ2v) is 5.57. The first-order valence-electron chi connectivity index (χ1n) is 5.18. The molecule has 0 amide bonds. The minimum absolute atomic E-state index is 0.0228. The van der Waals surface area contributed by atoms with E-state index < -0.39 is 10.0 Å². The second kappa shape index (κ2) is 6.30. The maximum absolute atomic E-state index is 11.9. The van der Waals surface area contributed by atoms with Gasteiger partial charge in [-0.2, -0.15) is 0 Å². The number of nitrogens with zero attached hydrogens (tertiary/aromatic N) is 1. The predicted octanol–water partition coefficient (Wildman–Crippen LogP) is 1.44. The molecule has 1 rings (SSSR count). The summed E-state index contributed by atoms with van der Waals surface area (Å²) in [5, 5.41) is 0.150. The Morgan fingerprint density at radius 3 is 2.88 bits per heavy atom. The van der Waals surface area contributed by atoms with Gasteiger partial charge in [-0.25, -0.2) is 13.1 Å². The molecule has 1 unspecified atom stereocenters. The summed E-state index contributed by atoms with van der Waals surface area (Å²) in [6.45, 7) is 4.37. The molecule has 0 aliphatic heterocycles. The van der Waals surface area contributed by atoms with E-state index in [1.54, 1.807) is 6.92 Å². The van der Waals surface area contributed by atoms with Gasteiger partial charge in [-0.15, -0.1) is 0 Å². The fourth-order valence-electron chi connectivity index (χ4n) is 1.21. The van der Waals surface area contributed by atoms with E-state index in [-0.39, 0.29) is 22.6 Å². The van der Waals surface area contributed by atoms with Crippen molar-refractivity contribution in [2.75, 3.05) is 13.2 Å². The fraction of sp³-hybridized carbons (Fsp3) is 0.500. The summed E-state index contributed by atoms with van der Waals surface area (Å²) in [6, 6.07) is 1.43. The van der Waals surface area contributed by atoms with E-state index >= 15 is 0 Å². The number of halogens is 1. The number of sulfonamides is 1. The Balaban J connectivity index is 2.73. The molecule has 0 saturated heterocycles. The molecule has 1 N–H and O–H groups in total. The van der Waals surface area contributed by atoms with Gasteiger partial charge in [-0.05, 0) is 19.9 Å². The molecule has 1 heterocycles. The highest BCUT2D eigenvalue weighted by Gasteiger charge is 2.18. The minimum Gasteiger partial charge on any atom is -0.377 e. The Bertz CT molecular complexity index is 464. The van der Waals surface area contributed by atoms with Crippen LogP contribution in [0.4, 0.5) is 0 Å². The maximum Gasteiger partial charge on any atom is 0.243 e. The zero-order valence-corrected chi connectivity index (χ0v) is 11.3. The normalized spacial score (nSPS) is 13.6. The van der Waals surface area contributed by atoms with Gasteiger partial charge >= 0.3 is 0 Å². The first-order chi connectivity index (χ1) is 7.97. The highest BCUT2D eigenvalue weighted by atomic mass is 35.5. The fourth-order valence-corrected chi connectivity index (χ4v) is 2.75. The zero-order valence-electron chi connectivity index (χ0n) is 9.68. The minimum atomic E-state index is -3.63. The van der Waals surface area contributed by atoms with Crippen LogP contribution in [0.1, 0.15) is 13.8 Å². The summed E-state index contributed by atoms with van der Waals surface area (Å²) in [4.78, 5) is 3.72. The molecule has 0 radical (unpaired) electrons. The number of ether oxygens (including phenoxy) is 1. The monoisotopic (exact) mass is 278 g/mol. The Hall–Kier alpha value is -0.690. The third-order valence-corrected chi connectivity index (χ3v) is 3.93. The lowest BCUT2D eigenvalue weighted by Gasteiger charge is -2.13. The molecule has 7 heteroatoms. The molecule has 1 aromatic rings. The van der Waals surface area contributed by atoms with Crippen molar-refractivity contribution < 1.29 is 13.2 Å². The van der Waals surface area contributed by atoms with Crippen LogP contribution >= 0.6 is 11.6 Å². The Morgan fingerprint density at radius 2 is 2.29 bits per heavy atom. The smallest absolute Gasteiger partial charge is 0.243 e. The van der Waals surface area contributed by atoms with Crippen LogP contribution in [0.5, 0.6) is 0 Å². The molecule has 0 bridgehead atoms. The molecule has 1 aromatic heterocycles. The highest BCUT2D eigenvalue weighted by molar-refractivity contribution is 7.89. The SMILES string of the molecule is CCOC(C)CNS(=O)(=O)c1cnccc1Cl. The van der Waals surface area contributed by atoms with Crippen molar-refractivity contribution in [2.45, 2.75) is 24.8 Å². The molecular weight excluding hydrogens is 264 g/mol. The predicted molar refractivity (Wildman–Crippen MR) is 65.5 cm³/mol. The number of aromatic nitrogens is 1. The average molecular weight is 279 g/mol. The van der Waals surface area contributed by atoms with Gasteiger partial charge in [0.2, 0.25) is 10.0 Å². The van der Waals surface area contributed by atoms with Crippen LogP contribution in [-0.4, -0.2) is 32.7 Å². The van der Waals surface area contributed by atoms with Crippen LogP contribution in [0.2, 0.25) is 5.02 Å². The standard InChI is InChI=1S/C10H15ClN2O3S/c1-3-16-8(2)6-13-17(14,15)10-7-12-5-4-9(10)11/h4-5,7-8,13H,3,6H2,1-2H3. The molecule has 1 atom stereocenters. The van der Waals surface area contributed by atoms with Crippen LogP contribution in [-0.2, 0) is 14.8 Å². The van der Waals surface area contributed by atoms with Crippen molar-refractivity contribution in [2.24, 2.45) is 0 Å². The van der Waals surface area contributed by atoms with Gasteiger partial charge < -0.3 is 4.74 Å². The summed E-state index contributed by atoms with van der Waals surface area (Å²) >= 11 is 5.79. The highest BCUT2D eigenvalue weighted by Crippen LogP contribution is 2.18. The summed E-state index contributed by atoms with van der Waals surface area (Å²) in [6.07, 6.45) is 2.46. The number of hydrogen-bond donors (Lipinski definition) is 1. The Kier molecular flexibility index (Phi) is 5.32. The molecule has 0 aliphatic rings. The third-order valence-electron chi connectivity index (χ3n) is 2.04. The van der Waals surface area contributed by atoms with E-state index in [4.69, 9.17) is 16.3 Å². The third kappa shape index (κ3) is 4.23. The maximum atomic E-state index is 11.9. The average Bonchev–Trinajstić information content (AvgIpc) is 2.27. The summed E-state index contributed by atoms with van der Waals surface area (Å²) in [5.74, 6) is 0. The van der Waals surface area contributed by atoms with Crippen LogP contribution in [0.3, 0.4) is 0 Å². The molecular formula is C10H15ClN2O3S. The van der Waals surface area contributed by atoms with Gasteiger partial charge in [0.15, 0.2) is 0 Å². The van der Waals surface area contributed by atoms with E-state index in [0.717, 1.165) is 0 Å². The number of pyridine rings is 1. The van der Waals surface area contributed by atoms with Gasteiger partial charge in [-0.1, -0.05) is 11.6 Å². The number of nitrogens with one attached hydrogen (secondary N) is 1. The van der Waals surface area contributed by atoms with E-state index in [0.29, 0.717) is 6.61 Å². The van der Waals surface area contributed by atoms with Crippen LogP contribution in [0, 0.1) is 0 Å². The topological polar surface area (TPSA) is 68.3 Å². The van der Waals surface area contributed by atoms with Crippen molar-refractivity contribution in [3.05, 3.63) is 23.5 Å². The van der Waals surface area contributed by atoms with Crippen LogP contribution in [0.15, 0.2) is 23.4 Å². The van der Waals surface area contributed by atoms with Crippen molar-refractivity contribution in [1.82, 2.24) is 9.71 Å². The van der Waals surface area contributed by atoms with Gasteiger partial charge in [0.1, 0.15) is 4.90 Å². The molecule has 17 heavy (non-hydrogen) atoms. The summed E-state index contributed by atoms with van der Waals surface area (Å²) in [5.41, 5.74) is 0. The lowest BCUT2D eigenvalue weighted by molar-refractivity contribution is 0.0799. The molecule has 5 nitrogen and oxygen atoms in total. The quantitative estimate of drug-likeness (QED) is 0.855. The van der Waals surface area contributed by atoms with Gasteiger partial charge in [-0.3, -0.25) is 4.98 Å². The summed E-state index contributed by atoms with van der Waals surface area (Å²) in [7, 11) is -3.63. The largest absolute Gasteiger partial charge is 0.377 e. The van der Waals surface area contributed by atoms with E-state index in [9.17, 15) is 8.42 Å². The Morgan fingerprint density at radius 1 is 1.59 bits per heavy atom. The molecule has 0 fully saturated rings. The first-order valence-corrected chi connectivity index (χ1v) is 7.04. The van der Waals surface area contributed by atoms with Crippen LogP contribution < -0.4 is 4.72 Å². The van der Waals surface area contributed by atoms with Crippen molar-refractivity contribution in [3.8, 4) is 0 Å². The molecule has 96 valence electrons. The Labute approximate surface area is 106 Å². The number of hydrogen-bond acceptors (Lipinski definition) is 4. The van der Waals surface area contributed by atoms with Crippen molar-refractivity contribution in [1.29, 1.82) is 0 Å². The molecule has 0 aliphatic carbocycles. The lowest BCUT2D eigenvalue weighted by Crippen LogP contribution is -2.32. The van der Waals surface area contributed by atoms with Crippen LogP contribution in [0.25, 0.3) is 0 Å². The molecule has 0 saturated carbocycles.